The van der Waals surface area contributed by atoms with Crippen LogP contribution in [0.2, 0.25) is 0 Å². The molecule has 2 rings (SSSR count). The fourth-order valence-electron chi connectivity index (χ4n) is 2.35. The van der Waals surface area contributed by atoms with Gasteiger partial charge in [0.25, 0.3) is 0 Å². The van der Waals surface area contributed by atoms with Crippen molar-refractivity contribution in [2.45, 2.75) is 19.8 Å². The Labute approximate surface area is 120 Å². The van der Waals surface area contributed by atoms with Gasteiger partial charge in [-0.15, -0.1) is 0 Å². The molecule has 4 nitrogen and oxygen atoms in total. The van der Waals surface area contributed by atoms with Crippen molar-refractivity contribution in [3.05, 3.63) is 29.5 Å². The van der Waals surface area contributed by atoms with Crippen molar-refractivity contribution in [3.63, 3.8) is 0 Å². The highest BCUT2D eigenvalue weighted by atomic mass is 16.5. The molecule has 0 unspecified atom stereocenters. The van der Waals surface area contributed by atoms with Crippen LogP contribution in [0, 0.1) is 6.92 Å². The van der Waals surface area contributed by atoms with Gasteiger partial charge in [0.2, 0.25) is 0 Å². The largest absolute Gasteiger partial charge is 0.493 e. The van der Waals surface area contributed by atoms with Crippen LogP contribution in [0.4, 0.5) is 0 Å². The number of nitrogens with one attached hydrogen (secondary N) is 1. The molecule has 1 N–H and O–H groups in total. The summed E-state index contributed by atoms with van der Waals surface area (Å²) in [5.41, 5.74) is 3.32. The van der Waals surface area contributed by atoms with Gasteiger partial charge < -0.3 is 14.8 Å². The third kappa shape index (κ3) is 3.02. The number of fused-ring (bicyclic) bond motifs is 1. The summed E-state index contributed by atoms with van der Waals surface area (Å²) in [7, 11) is 5.27. The molecule has 1 aromatic carbocycles. The van der Waals surface area contributed by atoms with Gasteiger partial charge in [-0.25, -0.2) is 0 Å². The van der Waals surface area contributed by atoms with Crippen LogP contribution < -0.4 is 14.8 Å². The van der Waals surface area contributed by atoms with Crippen molar-refractivity contribution < 1.29 is 9.47 Å². The van der Waals surface area contributed by atoms with E-state index in [1.807, 2.05) is 19.2 Å². The third-order valence-corrected chi connectivity index (χ3v) is 3.49. The van der Waals surface area contributed by atoms with Crippen molar-refractivity contribution in [3.8, 4) is 11.5 Å². The van der Waals surface area contributed by atoms with Crippen LogP contribution in [0.15, 0.2) is 18.2 Å². The average Bonchev–Trinajstić information content (AvgIpc) is 2.46. The van der Waals surface area contributed by atoms with Gasteiger partial charge in [-0.05, 0) is 51.1 Å². The zero-order chi connectivity index (χ0) is 14.5. The predicted molar refractivity (Wildman–Crippen MR) is 81.8 cm³/mol. The van der Waals surface area contributed by atoms with Crippen molar-refractivity contribution in [2.75, 3.05) is 27.8 Å². The first kappa shape index (κ1) is 14.6. The molecule has 0 atom stereocenters. The van der Waals surface area contributed by atoms with Crippen molar-refractivity contribution in [2.24, 2.45) is 0 Å². The molecule has 0 aliphatic carbocycles. The number of aryl methyl sites for hydroxylation is 2. The highest BCUT2D eigenvalue weighted by molar-refractivity contribution is 5.83. The monoisotopic (exact) mass is 274 g/mol. The van der Waals surface area contributed by atoms with E-state index < -0.39 is 0 Å². The van der Waals surface area contributed by atoms with Gasteiger partial charge in [0.05, 0.1) is 19.7 Å². The molecular weight excluding hydrogens is 252 g/mol. The Morgan fingerprint density at radius 1 is 1.10 bits per heavy atom. The molecule has 0 aliphatic heterocycles. The highest BCUT2D eigenvalue weighted by Crippen LogP contribution is 2.32. The number of nitrogens with zero attached hydrogens (tertiary/aromatic N) is 1. The van der Waals surface area contributed by atoms with Crippen molar-refractivity contribution in [1.29, 1.82) is 0 Å². The molecule has 0 aliphatic rings. The number of pyridine rings is 1. The summed E-state index contributed by atoms with van der Waals surface area (Å²) in [6.45, 7) is 3.08. The molecule has 1 aromatic heterocycles. The van der Waals surface area contributed by atoms with Gasteiger partial charge in [-0.1, -0.05) is 0 Å². The van der Waals surface area contributed by atoms with Gasteiger partial charge in [0.15, 0.2) is 11.5 Å². The van der Waals surface area contributed by atoms with Crippen molar-refractivity contribution in [1.82, 2.24) is 10.3 Å². The van der Waals surface area contributed by atoms with E-state index in [0.29, 0.717) is 0 Å². The number of ether oxygens (including phenoxy) is 2. The smallest absolute Gasteiger partial charge is 0.162 e. The molecule has 0 fully saturated rings. The Hall–Kier alpha value is -1.81. The lowest BCUT2D eigenvalue weighted by atomic mass is 10.0. The maximum Gasteiger partial charge on any atom is 0.162 e. The summed E-state index contributed by atoms with van der Waals surface area (Å²) in [5, 5.41) is 4.26. The Morgan fingerprint density at radius 3 is 2.45 bits per heavy atom. The number of hydrogen-bond acceptors (Lipinski definition) is 4. The molecular formula is C16H22N2O2. The molecule has 0 saturated heterocycles. The summed E-state index contributed by atoms with van der Waals surface area (Å²) in [4.78, 5) is 4.68. The number of methoxy groups -OCH3 is 2. The van der Waals surface area contributed by atoms with Crippen molar-refractivity contribution >= 4 is 10.9 Å². The van der Waals surface area contributed by atoms with Gasteiger partial charge in [-0.3, -0.25) is 4.98 Å². The fourth-order valence-corrected chi connectivity index (χ4v) is 2.35. The lowest BCUT2D eigenvalue weighted by Gasteiger charge is -2.11. The molecule has 0 saturated carbocycles. The quantitative estimate of drug-likeness (QED) is 0.823. The van der Waals surface area contributed by atoms with E-state index in [2.05, 4.69) is 23.3 Å². The lowest BCUT2D eigenvalue weighted by molar-refractivity contribution is 0.356. The second-order valence-electron chi connectivity index (χ2n) is 4.84. The minimum atomic E-state index is 0.717. The number of hydrogen-bond donors (Lipinski definition) is 1. The first-order chi connectivity index (χ1) is 9.69. The van der Waals surface area contributed by atoms with Crippen LogP contribution in [-0.4, -0.2) is 32.8 Å². The topological polar surface area (TPSA) is 43.4 Å². The fraction of sp³-hybridized carbons (Fsp3) is 0.438. The zero-order valence-corrected chi connectivity index (χ0v) is 12.6. The van der Waals surface area contributed by atoms with Crippen LogP contribution in [0.3, 0.4) is 0 Å². The average molecular weight is 274 g/mol. The van der Waals surface area contributed by atoms with E-state index in [9.17, 15) is 0 Å². The molecule has 108 valence electrons. The molecule has 2 aromatic rings. The maximum atomic E-state index is 5.35. The van der Waals surface area contributed by atoms with Gasteiger partial charge >= 0.3 is 0 Å². The summed E-state index contributed by atoms with van der Waals surface area (Å²) in [5.74, 6) is 1.46. The number of benzene rings is 1. The van der Waals surface area contributed by atoms with E-state index in [4.69, 9.17) is 9.47 Å². The van der Waals surface area contributed by atoms with Crippen LogP contribution in [0.5, 0.6) is 11.5 Å². The normalized spacial score (nSPS) is 10.8. The summed E-state index contributed by atoms with van der Waals surface area (Å²) >= 11 is 0. The molecule has 0 bridgehead atoms. The van der Waals surface area contributed by atoms with E-state index in [1.165, 1.54) is 5.56 Å². The SMILES string of the molecule is CNCCCc1cc2cc(OC)c(OC)cc2nc1C. The van der Waals surface area contributed by atoms with Crippen LogP contribution >= 0.6 is 0 Å². The number of rotatable bonds is 6. The van der Waals surface area contributed by atoms with Crippen LogP contribution in [-0.2, 0) is 6.42 Å². The predicted octanol–water partition coefficient (Wildman–Crippen LogP) is 2.71. The standard InChI is InChI=1S/C16H22N2O2/c1-11-12(6-5-7-17-2)8-13-9-15(19-3)16(20-4)10-14(13)18-11/h8-10,17H,5-7H2,1-4H3. The minimum Gasteiger partial charge on any atom is -0.493 e. The first-order valence-electron chi connectivity index (χ1n) is 6.86. The molecule has 4 heteroatoms. The van der Waals surface area contributed by atoms with E-state index >= 15 is 0 Å². The van der Waals surface area contributed by atoms with Gasteiger partial charge in [-0.2, -0.15) is 0 Å². The van der Waals surface area contributed by atoms with Crippen LogP contribution in [0.25, 0.3) is 10.9 Å². The summed E-state index contributed by atoms with van der Waals surface area (Å²) < 4.78 is 10.7. The first-order valence-corrected chi connectivity index (χ1v) is 6.86. The van der Waals surface area contributed by atoms with E-state index in [0.717, 1.165) is 47.5 Å². The minimum absolute atomic E-state index is 0.717. The highest BCUT2D eigenvalue weighted by Gasteiger charge is 2.09. The summed E-state index contributed by atoms with van der Waals surface area (Å²) in [6, 6.07) is 6.12. The second kappa shape index (κ2) is 6.57. The molecule has 20 heavy (non-hydrogen) atoms. The Kier molecular flexibility index (Phi) is 4.79. The molecule has 1 heterocycles. The lowest BCUT2D eigenvalue weighted by Crippen LogP contribution is -2.09. The second-order valence-corrected chi connectivity index (χ2v) is 4.84. The van der Waals surface area contributed by atoms with Crippen LogP contribution in [0.1, 0.15) is 17.7 Å². The molecule has 0 radical (unpaired) electrons. The Bertz CT molecular complexity index is 597. The van der Waals surface area contributed by atoms with E-state index in [1.54, 1.807) is 14.2 Å². The van der Waals surface area contributed by atoms with Gasteiger partial charge in [0, 0.05) is 17.1 Å². The molecule has 0 amide bonds. The van der Waals surface area contributed by atoms with E-state index in [-0.39, 0.29) is 0 Å². The van der Waals surface area contributed by atoms with Gasteiger partial charge in [0.1, 0.15) is 0 Å². The molecule has 0 spiro atoms. The summed E-state index contributed by atoms with van der Waals surface area (Å²) in [6.07, 6.45) is 2.14. The maximum absolute atomic E-state index is 5.35. The third-order valence-electron chi connectivity index (χ3n) is 3.49. The number of aromatic nitrogens is 1. The Morgan fingerprint density at radius 2 is 1.80 bits per heavy atom. The Balaban J connectivity index is 2.41. The zero-order valence-electron chi connectivity index (χ0n) is 12.6.